The summed E-state index contributed by atoms with van der Waals surface area (Å²) >= 11 is 5.95. The number of hydrogen-bond acceptors (Lipinski definition) is 2. The van der Waals surface area contributed by atoms with E-state index in [0.29, 0.717) is 22.0 Å². The molecule has 1 amide bonds. The van der Waals surface area contributed by atoms with E-state index in [-0.39, 0.29) is 12.3 Å². The highest BCUT2D eigenvalue weighted by atomic mass is 35.5. The van der Waals surface area contributed by atoms with Crippen LogP contribution in [0.4, 0.5) is 18.9 Å². The number of benzene rings is 2. The van der Waals surface area contributed by atoms with Gasteiger partial charge in [0.25, 0.3) is 0 Å². The summed E-state index contributed by atoms with van der Waals surface area (Å²) in [5.74, 6) is 0.124. The van der Waals surface area contributed by atoms with Gasteiger partial charge in [0.05, 0.1) is 24.1 Å². The number of carbonyl (C=O) groups is 1. The van der Waals surface area contributed by atoms with Gasteiger partial charge in [0.1, 0.15) is 5.75 Å². The maximum absolute atomic E-state index is 12.5. The number of hydrogen-bond donors (Lipinski definition) is 1. The maximum Gasteiger partial charge on any atom is 0.416 e. The van der Waals surface area contributed by atoms with Crippen molar-refractivity contribution in [3.05, 3.63) is 58.6 Å². The maximum atomic E-state index is 12.5. The molecule has 122 valence electrons. The summed E-state index contributed by atoms with van der Waals surface area (Å²) in [6, 6.07) is 9.23. The van der Waals surface area contributed by atoms with Gasteiger partial charge in [-0.15, -0.1) is 0 Å². The number of nitrogens with one attached hydrogen (secondary N) is 1. The van der Waals surface area contributed by atoms with Crippen LogP contribution in [0, 0.1) is 0 Å². The van der Waals surface area contributed by atoms with Crippen LogP contribution in [0.5, 0.6) is 5.75 Å². The van der Waals surface area contributed by atoms with Gasteiger partial charge in [-0.05, 0) is 35.9 Å². The van der Waals surface area contributed by atoms with Crippen molar-refractivity contribution < 1.29 is 22.7 Å². The van der Waals surface area contributed by atoms with E-state index in [1.165, 1.54) is 25.3 Å². The van der Waals surface area contributed by atoms with Crippen LogP contribution in [0.25, 0.3) is 0 Å². The third-order valence-electron chi connectivity index (χ3n) is 3.08. The van der Waals surface area contributed by atoms with Crippen LogP contribution in [0.3, 0.4) is 0 Å². The molecule has 0 unspecified atom stereocenters. The summed E-state index contributed by atoms with van der Waals surface area (Å²) in [6.07, 6.45) is -4.43. The van der Waals surface area contributed by atoms with Crippen molar-refractivity contribution in [3.63, 3.8) is 0 Å². The predicted molar refractivity (Wildman–Crippen MR) is 81.8 cm³/mol. The highest BCUT2D eigenvalue weighted by molar-refractivity contribution is 6.32. The Morgan fingerprint density at radius 2 is 1.83 bits per heavy atom. The van der Waals surface area contributed by atoms with E-state index >= 15 is 0 Å². The fraction of sp³-hybridized carbons (Fsp3) is 0.188. The van der Waals surface area contributed by atoms with Gasteiger partial charge in [-0.25, -0.2) is 0 Å². The fourth-order valence-electron chi connectivity index (χ4n) is 1.95. The molecule has 1 N–H and O–H groups in total. The number of rotatable bonds is 4. The van der Waals surface area contributed by atoms with Gasteiger partial charge in [0.15, 0.2) is 0 Å². The summed E-state index contributed by atoms with van der Waals surface area (Å²) in [7, 11) is 1.48. The minimum Gasteiger partial charge on any atom is -0.495 e. The first-order chi connectivity index (χ1) is 10.8. The molecule has 3 nitrogen and oxygen atoms in total. The Hall–Kier alpha value is -2.21. The predicted octanol–water partition coefficient (Wildman–Crippen LogP) is 4.55. The Morgan fingerprint density at radius 3 is 2.35 bits per heavy atom. The van der Waals surface area contributed by atoms with Crippen LogP contribution in [0.15, 0.2) is 42.5 Å². The summed E-state index contributed by atoms with van der Waals surface area (Å²) in [6.45, 7) is 0. The monoisotopic (exact) mass is 343 g/mol. The van der Waals surface area contributed by atoms with Crippen LogP contribution in [-0.4, -0.2) is 13.0 Å². The third kappa shape index (κ3) is 4.63. The van der Waals surface area contributed by atoms with Crippen molar-refractivity contribution in [3.8, 4) is 5.75 Å². The Bertz CT molecular complexity index is 699. The number of carbonyl (C=O) groups excluding carboxylic acids is 1. The van der Waals surface area contributed by atoms with Gasteiger partial charge in [-0.2, -0.15) is 13.2 Å². The zero-order chi connectivity index (χ0) is 17.0. The SMILES string of the molecule is COc1ccc(NC(=O)Cc2ccc(C(F)(F)F)cc2)cc1Cl. The first-order valence-corrected chi connectivity index (χ1v) is 6.97. The van der Waals surface area contributed by atoms with Crippen LogP contribution >= 0.6 is 11.6 Å². The summed E-state index contributed by atoms with van der Waals surface area (Å²) < 4.78 is 42.4. The number of anilines is 1. The number of ether oxygens (including phenoxy) is 1. The first kappa shape index (κ1) is 17.1. The standard InChI is InChI=1S/C16H13ClF3NO2/c1-23-14-7-6-12(9-13(14)17)21-15(22)8-10-2-4-11(5-3-10)16(18,19)20/h2-7,9H,8H2,1H3,(H,21,22). The van der Waals surface area contributed by atoms with Crippen molar-refractivity contribution in [1.29, 1.82) is 0 Å². The van der Waals surface area contributed by atoms with Crippen molar-refractivity contribution in [1.82, 2.24) is 0 Å². The van der Waals surface area contributed by atoms with Crippen LogP contribution in [0.1, 0.15) is 11.1 Å². The normalized spacial score (nSPS) is 11.2. The molecule has 0 atom stereocenters. The number of methoxy groups -OCH3 is 1. The summed E-state index contributed by atoms with van der Waals surface area (Å²) in [5.41, 5.74) is 0.214. The Labute approximate surface area is 136 Å². The number of amides is 1. The quantitative estimate of drug-likeness (QED) is 0.884. The van der Waals surface area contributed by atoms with Crippen molar-refractivity contribution in [2.24, 2.45) is 0 Å². The summed E-state index contributed by atoms with van der Waals surface area (Å²) in [4.78, 5) is 11.9. The van der Waals surface area contributed by atoms with Crippen molar-refractivity contribution in [2.75, 3.05) is 12.4 Å². The van der Waals surface area contributed by atoms with E-state index in [0.717, 1.165) is 12.1 Å². The molecule has 0 aliphatic heterocycles. The number of halogens is 4. The van der Waals surface area contributed by atoms with Crippen molar-refractivity contribution >= 4 is 23.2 Å². The minimum atomic E-state index is -4.39. The molecule has 0 saturated carbocycles. The molecule has 23 heavy (non-hydrogen) atoms. The molecule has 0 bridgehead atoms. The van der Waals surface area contributed by atoms with Crippen LogP contribution in [0.2, 0.25) is 5.02 Å². The largest absolute Gasteiger partial charge is 0.495 e. The average Bonchev–Trinajstić information content (AvgIpc) is 2.47. The first-order valence-electron chi connectivity index (χ1n) is 6.59. The molecule has 2 rings (SSSR count). The second kappa shape index (κ2) is 6.91. The molecule has 7 heteroatoms. The molecule has 0 spiro atoms. The van der Waals surface area contributed by atoms with E-state index in [1.54, 1.807) is 12.1 Å². The molecule has 0 aromatic heterocycles. The lowest BCUT2D eigenvalue weighted by Crippen LogP contribution is -2.14. The van der Waals surface area contributed by atoms with E-state index < -0.39 is 11.7 Å². The Kier molecular flexibility index (Phi) is 5.15. The molecule has 0 fully saturated rings. The van der Waals surface area contributed by atoms with E-state index in [1.807, 2.05) is 0 Å². The molecule has 0 radical (unpaired) electrons. The second-order valence-electron chi connectivity index (χ2n) is 4.77. The topological polar surface area (TPSA) is 38.3 Å². The highest BCUT2D eigenvalue weighted by Gasteiger charge is 2.29. The van der Waals surface area contributed by atoms with Gasteiger partial charge < -0.3 is 10.1 Å². The fourth-order valence-corrected chi connectivity index (χ4v) is 2.20. The van der Waals surface area contributed by atoms with E-state index in [4.69, 9.17) is 16.3 Å². The minimum absolute atomic E-state index is 0.0399. The second-order valence-corrected chi connectivity index (χ2v) is 5.18. The van der Waals surface area contributed by atoms with Gasteiger partial charge in [-0.1, -0.05) is 23.7 Å². The molecule has 0 heterocycles. The van der Waals surface area contributed by atoms with Crippen molar-refractivity contribution in [2.45, 2.75) is 12.6 Å². The molecular weight excluding hydrogens is 331 g/mol. The lowest BCUT2D eigenvalue weighted by atomic mass is 10.1. The number of alkyl halides is 3. The third-order valence-corrected chi connectivity index (χ3v) is 3.38. The van der Waals surface area contributed by atoms with Gasteiger partial charge >= 0.3 is 6.18 Å². The molecule has 0 aliphatic carbocycles. The lowest BCUT2D eigenvalue weighted by Gasteiger charge is -2.09. The van der Waals surface area contributed by atoms with Gasteiger partial charge in [0, 0.05) is 5.69 Å². The Balaban J connectivity index is 2.01. The zero-order valence-corrected chi connectivity index (χ0v) is 12.8. The average molecular weight is 344 g/mol. The smallest absolute Gasteiger partial charge is 0.416 e. The molecule has 0 aliphatic rings. The van der Waals surface area contributed by atoms with Crippen LogP contribution in [-0.2, 0) is 17.4 Å². The molecular formula is C16H13ClF3NO2. The zero-order valence-electron chi connectivity index (χ0n) is 12.1. The highest BCUT2D eigenvalue weighted by Crippen LogP contribution is 2.29. The van der Waals surface area contributed by atoms with Gasteiger partial charge in [0.2, 0.25) is 5.91 Å². The molecule has 0 saturated heterocycles. The lowest BCUT2D eigenvalue weighted by molar-refractivity contribution is -0.137. The van der Waals surface area contributed by atoms with Gasteiger partial charge in [-0.3, -0.25) is 4.79 Å². The van der Waals surface area contributed by atoms with E-state index in [2.05, 4.69) is 5.32 Å². The summed E-state index contributed by atoms with van der Waals surface area (Å²) in [5, 5.41) is 2.97. The van der Waals surface area contributed by atoms with E-state index in [9.17, 15) is 18.0 Å². The Morgan fingerprint density at radius 1 is 1.17 bits per heavy atom. The molecule has 2 aromatic carbocycles. The van der Waals surface area contributed by atoms with Crippen LogP contribution < -0.4 is 10.1 Å². The molecule has 2 aromatic rings.